The molecule has 0 radical (unpaired) electrons. The molecule has 128 valence electrons. The minimum Gasteiger partial charge on any atom is -0.482 e. The van der Waals surface area contributed by atoms with E-state index in [0.717, 1.165) is 16.7 Å². The van der Waals surface area contributed by atoms with Crippen LogP contribution in [0.25, 0.3) is 6.08 Å². The maximum Gasteiger partial charge on any atom is 0.343 e. The minimum atomic E-state index is -0.477. The van der Waals surface area contributed by atoms with Crippen molar-refractivity contribution in [3.05, 3.63) is 64.4 Å². The number of methoxy groups -OCH3 is 1. The van der Waals surface area contributed by atoms with Crippen molar-refractivity contribution in [1.82, 2.24) is 0 Å². The number of ketones is 1. The van der Waals surface area contributed by atoms with Crippen LogP contribution in [0.1, 0.15) is 27.0 Å². The summed E-state index contributed by atoms with van der Waals surface area (Å²) in [6.45, 7) is 3.58. The molecule has 0 saturated heterocycles. The molecule has 0 bridgehead atoms. The average molecular weight is 338 g/mol. The van der Waals surface area contributed by atoms with Gasteiger partial charge in [0.15, 0.2) is 12.4 Å². The van der Waals surface area contributed by atoms with Crippen molar-refractivity contribution in [2.75, 3.05) is 13.7 Å². The maximum absolute atomic E-state index is 12.6. The summed E-state index contributed by atoms with van der Waals surface area (Å²) in [6.07, 6.45) is 1.74. The molecule has 5 heteroatoms. The van der Waals surface area contributed by atoms with Gasteiger partial charge in [0.2, 0.25) is 5.78 Å². The zero-order valence-corrected chi connectivity index (χ0v) is 14.3. The molecule has 0 unspecified atom stereocenters. The summed E-state index contributed by atoms with van der Waals surface area (Å²) < 4.78 is 15.7. The number of rotatable bonds is 4. The summed E-state index contributed by atoms with van der Waals surface area (Å²) in [5.74, 6) is 0.527. The van der Waals surface area contributed by atoms with Gasteiger partial charge in [-0.15, -0.1) is 0 Å². The van der Waals surface area contributed by atoms with Crippen LogP contribution in [-0.2, 0) is 9.53 Å². The Labute approximate surface area is 145 Å². The summed E-state index contributed by atoms with van der Waals surface area (Å²) in [7, 11) is 1.30. The highest BCUT2D eigenvalue weighted by molar-refractivity contribution is 6.15. The maximum atomic E-state index is 12.6. The largest absolute Gasteiger partial charge is 0.482 e. The van der Waals surface area contributed by atoms with Crippen molar-refractivity contribution < 1.29 is 23.8 Å². The van der Waals surface area contributed by atoms with E-state index in [1.165, 1.54) is 7.11 Å². The average Bonchev–Trinajstić information content (AvgIpc) is 2.91. The lowest BCUT2D eigenvalue weighted by Gasteiger charge is -2.08. The lowest BCUT2D eigenvalue weighted by Crippen LogP contribution is -2.12. The van der Waals surface area contributed by atoms with Gasteiger partial charge in [0.05, 0.1) is 12.7 Å². The molecule has 0 amide bonds. The molecule has 5 nitrogen and oxygen atoms in total. The van der Waals surface area contributed by atoms with E-state index in [1.54, 1.807) is 18.2 Å². The number of Topliss-reactive ketones (excluding diaryl/α,β-unsaturated/α-hetero) is 1. The second kappa shape index (κ2) is 6.81. The molecule has 2 aromatic rings. The Bertz CT molecular complexity index is 880. The van der Waals surface area contributed by atoms with Gasteiger partial charge in [0.1, 0.15) is 11.5 Å². The highest BCUT2D eigenvalue weighted by atomic mass is 16.6. The van der Waals surface area contributed by atoms with Crippen molar-refractivity contribution in [1.29, 1.82) is 0 Å². The van der Waals surface area contributed by atoms with Crippen molar-refractivity contribution in [3.8, 4) is 11.5 Å². The summed E-state index contributed by atoms with van der Waals surface area (Å²) in [4.78, 5) is 23.9. The third-order valence-corrected chi connectivity index (χ3v) is 4.00. The second-order valence-electron chi connectivity index (χ2n) is 5.77. The van der Waals surface area contributed by atoms with Crippen LogP contribution in [0.5, 0.6) is 11.5 Å². The highest BCUT2D eigenvalue weighted by Crippen LogP contribution is 2.37. The quantitative estimate of drug-likeness (QED) is 0.631. The van der Waals surface area contributed by atoms with Gasteiger partial charge < -0.3 is 14.2 Å². The van der Waals surface area contributed by atoms with Crippen LogP contribution in [0.15, 0.2) is 42.2 Å². The van der Waals surface area contributed by atoms with E-state index < -0.39 is 5.97 Å². The first kappa shape index (κ1) is 16.8. The van der Waals surface area contributed by atoms with Crippen LogP contribution in [0, 0.1) is 13.8 Å². The van der Waals surface area contributed by atoms with Gasteiger partial charge in [0, 0.05) is 6.07 Å². The predicted molar refractivity (Wildman–Crippen MR) is 92.8 cm³/mol. The minimum absolute atomic E-state index is 0.157. The fourth-order valence-electron chi connectivity index (χ4n) is 2.65. The van der Waals surface area contributed by atoms with Gasteiger partial charge in [-0.3, -0.25) is 4.79 Å². The molecule has 0 aliphatic carbocycles. The molecule has 25 heavy (non-hydrogen) atoms. The standard InChI is InChI=1S/C20H18O5/c1-12-6-4-5-7-14(12)9-17-20(22)19-13(2)8-15(10-16(19)25-17)24-11-18(21)23-3/h4-10H,11H2,1-3H3/b17-9-. The fraction of sp³-hybridized carbons (Fsp3) is 0.200. The first-order valence-electron chi connectivity index (χ1n) is 7.83. The lowest BCUT2D eigenvalue weighted by atomic mass is 10.0. The van der Waals surface area contributed by atoms with Gasteiger partial charge in [0.25, 0.3) is 0 Å². The topological polar surface area (TPSA) is 61.8 Å². The summed E-state index contributed by atoms with van der Waals surface area (Å²) in [5, 5.41) is 0. The van der Waals surface area contributed by atoms with Crippen LogP contribution < -0.4 is 9.47 Å². The van der Waals surface area contributed by atoms with Crippen LogP contribution >= 0.6 is 0 Å². The Balaban J connectivity index is 1.89. The zero-order chi connectivity index (χ0) is 18.0. The van der Waals surface area contributed by atoms with Gasteiger partial charge >= 0.3 is 5.97 Å². The number of carbonyl (C=O) groups excluding carboxylic acids is 2. The number of benzene rings is 2. The smallest absolute Gasteiger partial charge is 0.343 e. The molecule has 1 aliphatic rings. The molecular formula is C20H18O5. The summed E-state index contributed by atoms with van der Waals surface area (Å²) in [6, 6.07) is 11.1. The molecule has 0 spiro atoms. The molecular weight excluding hydrogens is 320 g/mol. The van der Waals surface area contributed by atoms with Crippen LogP contribution in [0.3, 0.4) is 0 Å². The van der Waals surface area contributed by atoms with Gasteiger partial charge in [-0.25, -0.2) is 4.79 Å². The van der Waals surface area contributed by atoms with Crippen molar-refractivity contribution >= 4 is 17.8 Å². The van der Waals surface area contributed by atoms with E-state index in [2.05, 4.69) is 4.74 Å². The Morgan fingerprint density at radius 1 is 1.16 bits per heavy atom. The Kier molecular flexibility index (Phi) is 4.57. The van der Waals surface area contributed by atoms with E-state index in [0.29, 0.717) is 17.1 Å². The molecule has 0 saturated carbocycles. The first-order valence-corrected chi connectivity index (χ1v) is 7.83. The number of aryl methyl sites for hydroxylation is 2. The monoisotopic (exact) mass is 338 g/mol. The van der Waals surface area contributed by atoms with Crippen LogP contribution in [-0.4, -0.2) is 25.5 Å². The van der Waals surface area contributed by atoms with Crippen LogP contribution in [0.4, 0.5) is 0 Å². The van der Waals surface area contributed by atoms with Crippen molar-refractivity contribution in [2.24, 2.45) is 0 Å². The molecule has 1 heterocycles. The Morgan fingerprint density at radius 2 is 1.92 bits per heavy atom. The Morgan fingerprint density at radius 3 is 2.64 bits per heavy atom. The molecule has 0 aromatic heterocycles. The molecule has 2 aromatic carbocycles. The number of allylic oxidation sites excluding steroid dienone is 1. The number of fused-ring (bicyclic) bond motifs is 1. The fourth-order valence-corrected chi connectivity index (χ4v) is 2.65. The van der Waals surface area contributed by atoms with Crippen LogP contribution in [0.2, 0.25) is 0 Å². The number of carbonyl (C=O) groups is 2. The SMILES string of the molecule is COC(=O)COc1cc(C)c2c(c1)O/C(=C\c1ccccc1C)C2=O. The number of esters is 1. The third kappa shape index (κ3) is 3.40. The number of ether oxygens (including phenoxy) is 3. The van der Waals surface area contributed by atoms with Crippen molar-refractivity contribution in [2.45, 2.75) is 13.8 Å². The summed E-state index contributed by atoms with van der Waals surface area (Å²) in [5.41, 5.74) is 3.24. The number of hydrogen-bond donors (Lipinski definition) is 0. The molecule has 0 fully saturated rings. The van der Waals surface area contributed by atoms with Gasteiger partial charge in [-0.2, -0.15) is 0 Å². The van der Waals surface area contributed by atoms with E-state index in [4.69, 9.17) is 9.47 Å². The van der Waals surface area contributed by atoms with E-state index >= 15 is 0 Å². The summed E-state index contributed by atoms with van der Waals surface area (Å²) >= 11 is 0. The highest BCUT2D eigenvalue weighted by Gasteiger charge is 2.30. The Hall–Kier alpha value is -3.08. The van der Waals surface area contributed by atoms with Crippen molar-refractivity contribution in [3.63, 3.8) is 0 Å². The molecule has 0 atom stereocenters. The first-order chi connectivity index (χ1) is 12.0. The number of hydrogen-bond acceptors (Lipinski definition) is 5. The van der Waals surface area contributed by atoms with E-state index in [9.17, 15) is 9.59 Å². The van der Waals surface area contributed by atoms with E-state index in [1.807, 2.05) is 38.1 Å². The molecule has 3 rings (SSSR count). The third-order valence-electron chi connectivity index (χ3n) is 4.00. The van der Waals surface area contributed by atoms with E-state index in [-0.39, 0.29) is 18.1 Å². The van der Waals surface area contributed by atoms with Gasteiger partial charge in [-0.05, 0) is 42.7 Å². The van der Waals surface area contributed by atoms with Gasteiger partial charge in [-0.1, -0.05) is 24.3 Å². The predicted octanol–water partition coefficient (Wildman–Crippen LogP) is 3.47. The second-order valence-corrected chi connectivity index (χ2v) is 5.77. The zero-order valence-electron chi connectivity index (χ0n) is 14.3. The lowest BCUT2D eigenvalue weighted by molar-refractivity contribution is -0.142. The molecule has 0 N–H and O–H groups in total. The molecule has 1 aliphatic heterocycles. The normalized spacial score (nSPS) is 14.2.